The predicted molar refractivity (Wildman–Crippen MR) is 74.8 cm³/mol. The number of benzene rings is 1. The first-order valence-electron chi connectivity index (χ1n) is 6.77. The molecular weight excluding hydrogens is 242 g/mol. The van der Waals surface area contributed by atoms with Crippen LogP contribution in [0.25, 0.3) is 11.0 Å². The van der Waals surface area contributed by atoms with Gasteiger partial charge in [0.1, 0.15) is 5.75 Å². The van der Waals surface area contributed by atoms with E-state index in [2.05, 4.69) is 9.88 Å². The Balaban J connectivity index is 1.85. The number of H-pyrrole nitrogens is 1. The number of hydrogen-bond acceptors (Lipinski definition) is 3. The van der Waals surface area contributed by atoms with Gasteiger partial charge in [0, 0.05) is 19.2 Å². The van der Waals surface area contributed by atoms with Crippen molar-refractivity contribution in [3.05, 3.63) is 28.7 Å². The quantitative estimate of drug-likeness (QED) is 0.906. The Labute approximate surface area is 111 Å². The molecule has 0 unspecified atom stereocenters. The number of ether oxygens (including phenoxy) is 1. The molecule has 1 aromatic heterocycles. The van der Waals surface area contributed by atoms with E-state index in [1.165, 1.54) is 12.8 Å². The van der Waals surface area contributed by atoms with Gasteiger partial charge in [0.25, 0.3) is 0 Å². The summed E-state index contributed by atoms with van der Waals surface area (Å²) in [7, 11) is 1.63. The minimum atomic E-state index is -0.0394. The molecule has 2 heterocycles. The van der Waals surface area contributed by atoms with E-state index >= 15 is 0 Å². The Bertz CT molecular complexity index is 623. The molecule has 0 saturated carbocycles. The van der Waals surface area contributed by atoms with Crippen LogP contribution in [0.5, 0.6) is 5.75 Å². The molecule has 3 rings (SSSR count). The lowest BCUT2D eigenvalue weighted by molar-refractivity contribution is 0.322. The number of nitrogens with zero attached hydrogens (tertiary/aromatic N) is 2. The monoisotopic (exact) mass is 261 g/mol. The summed E-state index contributed by atoms with van der Waals surface area (Å²) in [5, 5.41) is 0. The van der Waals surface area contributed by atoms with Crippen molar-refractivity contribution in [1.29, 1.82) is 0 Å². The van der Waals surface area contributed by atoms with Crippen molar-refractivity contribution in [2.45, 2.75) is 19.4 Å². The molecule has 1 fully saturated rings. The zero-order valence-electron chi connectivity index (χ0n) is 11.2. The Kier molecular flexibility index (Phi) is 3.29. The molecule has 5 nitrogen and oxygen atoms in total. The van der Waals surface area contributed by atoms with Gasteiger partial charge in [0.2, 0.25) is 0 Å². The van der Waals surface area contributed by atoms with Crippen molar-refractivity contribution in [2.24, 2.45) is 0 Å². The minimum absolute atomic E-state index is 0.0394. The number of rotatable bonds is 4. The van der Waals surface area contributed by atoms with Crippen LogP contribution < -0.4 is 10.4 Å². The summed E-state index contributed by atoms with van der Waals surface area (Å²) in [6.45, 7) is 4.00. The molecule has 1 aliphatic rings. The van der Waals surface area contributed by atoms with Gasteiger partial charge in [-0.05, 0) is 38.1 Å². The van der Waals surface area contributed by atoms with Crippen molar-refractivity contribution < 1.29 is 4.74 Å². The van der Waals surface area contributed by atoms with Crippen LogP contribution in [0, 0.1) is 0 Å². The second-order valence-electron chi connectivity index (χ2n) is 5.01. The average molecular weight is 261 g/mol. The standard InChI is InChI=1S/C14H19N3O2/c1-19-11-4-5-13-12(10-11)15-14(18)17(13)9-8-16-6-2-3-7-16/h4-5,10H,2-3,6-9H2,1H3,(H,15,18). The molecule has 2 aromatic rings. The highest BCUT2D eigenvalue weighted by molar-refractivity contribution is 5.76. The molecule has 0 aliphatic carbocycles. The maximum atomic E-state index is 12.0. The van der Waals surface area contributed by atoms with Gasteiger partial charge >= 0.3 is 5.69 Å². The lowest BCUT2D eigenvalue weighted by Crippen LogP contribution is -2.28. The van der Waals surface area contributed by atoms with Crippen molar-refractivity contribution >= 4 is 11.0 Å². The van der Waals surface area contributed by atoms with Crippen LogP contribution in [0.2, 0.25) is 0 Å². The minimum Gasteiger partial charge on any atom is -0.497 e. The maximum absolute atomic E-state index is 12.0. The van der Waals surface area contributed by atoms with Gasteiger partial charge in [0.15, 0.2) is 0 Å². The molecule has 0 bridgehead atoms. The van der Waals surface area contributed by atoms with Crippen LogP contribution in [0.1, 0.15) is 12.8 Å². The smallest absolute Gasteiger partial charge is 0.326 e. The lowest BCUT2D eigenvalue weighted by Gasteiger charge is -2.14. The maximum Gasteiger partial charge on any atom is 0.326 e. The number of imidazole rings is 1. The third kappa shape index (κ3) is 2.38. The van der Waals surface area contributed by atoms with E-state index in [0.29, 0.717) is 0 Å². The van der Waals surface area contributed by atoms with Gasteiger partial charge in [-0.1, -0.05) is 0 Å². The van der Waals surface area contributed by atoms with Crippen molar-refractivity contribution in [1.82, 2.24) is 14.5 Å². The predicted octanol–water partition coefficient (Wildman–Crippen LogP) is 1.43. The zero-order chi connectivity index (χ0) is 13.2. The molecule has 1 saturated heterocycles. The van der Waals surface area contributed by atoms with E-state index in [1.54, 1.807) is 7.11 Å². The number of fused-ring (bicyclic) bond motifs is 1. The molecule has 0 atom stereocenters. The van der Waals surface area contributed by atoms with Crippen molar-refractivity contribution in [3.63, 3.8) is 0 Å². The fourth-order valence-electron chi connectivity index (χ4n) is 2.74. The Morgan fingerprint density at radius 1 is 1.26 bits per heavy atom. The number of aromatic amines is 1. The topological polar surface area (TPSA) is 50.3 Å². The first kappa shape index (κ1) is 12.3. The number of methoxy groups -OCH3 is 1. The van der Waals surface area contributed by atoms with Gasteiger partial charge in [-0.25, -0.2) is 4.79 Å². The highest BCUT2D eigenvalue weighted by Gasteiger charge is 2.13. The molecule has 1 aliphatic heterocycles. The zero-order valence-corrected chi connectivity index (χ0v) is 11.2. The summed E-state index contributed by atoms with van der Waals surface area (Å²) in [5.74, 6) is 0.764. The van der Waals surface area contributed by atoms with Crippen LogP contribution >= 0.6 is 0 Å². The summed E-state index contributed by atoms with van der Waals surface area (Å²) in [4.78, 5) is 17.3. The van der Waals surface area contributed by atoms with Gasteiger partial charge in [-0.15, -0.1) is 0 Å². The number of likely N-dealkylation sites (tertiary alicyclic amines) is 1. The van der Waals surface area contributed by atoms with E-state index in [-0.39, 0.29) is 5.69 Å². The molecule has 102 valence electrons. The van der Waals surface area contributed by atoms with Crippen molar-refractivity contribution in [3.8, 4) is 5.75 Å². The van der Waals surface area contributed by atoms with Crippen LogP contribution in [0.3, 0.4) is 0 Å². The Morgan fingerprint density at radius 3 is 2.79 bits per heavy atom. The normalized spacial score (nSPS) is 16.3. The van der Waals surface area contributed by atoms with Crippen LogP contribution in [0.4, 0.5) is 0 Å². The Hall–Kier alpha value is -1.75. The molecule has 1 N–H and O–H groups in total. The van der Waals surface area contributed by atoms with E-state index < -0.39 is 0 Å². The second kappa shape index (κ2) is 5.09. The van der Waals surface area contributed by atoms with Gasteiger partial charge in [0.05, 0.1) is 18.1 Å². The Morgan fingerprint density at radius 2 is 2.05 bits per heavy atom. The third-order valence-corrected chi connectivity index (χ3v) is 3.82. The second-order valence-corrected chi connectivity index (χ2v) is 5.01. The summed E-state index contributed by atoms with van der Waals surface area (Å²) < 4.78 is 6.99. The fraction of sp³-hybridized carbons (Fsp3) is 0.500. The summed E-state index contributed by atoms with van der Waals surface area (Å²) in [6.07, 6.45) is 2.56. The van der Waals surface area contributed by atoms with E-state index in [1.807, 2.05) is 22.8 Å². The van der Waals surface area contributed by atoms with Gasteiger partial charge < -0.3 is 14.6 Å². The van der Waals surface area contributed by atoms with Crippen LogP contribution in [-0.4, -0.2) is 41.2 Å². The molecule has 1 aromatic carbocycles. The first-order valence-corrected chi connectivity index (χ1v) is 6.77. The highest BCUT2D eigenvalue weighted by Crippen LogP contribution is 2.18. The molecule has 5 heteroatoms. The third-order valence-electron chi connectivity index (χ3n) is 3.82. The fourth-order valence-corrected chi connectivity index (χ4v) is 2.74. The summed E-state index contributed by atoms with van der Waals surface area (Å²) >= 11 is 0. The largest absolute Gasteiger partial charge is 0.497 e. The number of aromatic nitrogens is 2. The van der Waals surface area contributed by atoms with E-state index in [9.17, 15) is 4.79 Å². The van der Waals surface area contributed by atoms with E-state index in [4.69, 9.17) is 4.74 Å². The van der Waals surface area contributed by atoms with Crippen LogP contribution in [-0.2, 0) is 6.54 Å². The first-order chi connectivity index (χ1) is 9.28. The SMILES string of the molecule is COc1ccc2c(c1)[nH]c(=O)n2CCN1CCCC1. The summed E-state index contributed by atoms with van der Waals surface area (Å²) in [6, 6.07) is 5.70. The summed E-state index contributed by atoms with van der Waals surface area (Å²) in [5.41, 5.74) is 1.75. The molecular formula is C14H19N3O2. The van der Waals surface area contributed by atoms with Gasteiger partial charge in [-0.2, -0.15) is 0 Å². The van der Waals surface area contributed by atoms with E-state index in [0.717, 1.165) is 43.0 Å². The van der Waals surface area contributed by atoms with Crippen molar-refractivity contribution in [2.75, 3.05) is 26.7 Å². The molecule has 0 spiro atoms. The number of nitrogens with one attached hydrogen (secondary N) is 1. The molecule has 19 heavy (non-hydrogen) atoms. The average Bonchev–Trinajstić information content (AvgIpc) is 3.02. The molecule has 0 amide bonds. The van der Waals surface area contributed by atoms with Crippen LogP contribution in [0.15, 0.2) is 23.0 Å². The highest BCUT2D eigenvalue weighted by atomic mass is 16.5. The lowest BCUT2D eigenvalue weighted by atomic mass is 10.3. The number of hydrogen-bond donors (Lipinski definition) is 1. The van der Waals surface area contributed by atoms with Gasteiger partial charge in [-0.3, -0.25) is 4.57 Å². The molecule has 0 radical (unpaired) electrons.